The van der Waals surface area contributed by atoms with E-state index in [-0.39, 0.29) is 6.04 Å². The molecule has 0 aliphatic rings. The van der Waals surface area contributed by atoms with Crippen LogP contribution in [0.1, 0.15) is 25.1 Å². The average molecular weight is 207 g/mol. The van der Waals surface area contributed by atoms with Gasteiger partial charge in [0, 0.05) is 5.56 Å². The van der Waals surface area contributed by atoms with Crippen LogP contribution in [0, 0.1) is 0 Å². The van der Waals surface area contributed by atoms with Crippen molar-refractivity contribution in [2.24, 2.45) is 5.73 Å². The zero-order valence-corrected chi connectivity index (χ0v) is 8.88. The molecule has 2 aromatic rings. The molecule has 0 bridgehead atoms. The molecular formula is C11H13NOS. The molecule has 0 radical (unpaired) electrons. The number of thiophene rings is 1. The van der Waals surface area contributed by atoms with Gasteiger partial charge in [0.25, 0.3) is 0 Å². The van der Waals surface area contributed by atoms with E-state index in [9.17, 15) is 0 Å². The van der Waals surface area contributed by atoms with Crippen LogP contribution in [0.15, 0.2) is 33.6 Å². The van der Waals surface area contributed by atoms with Gasteiger partial charge in [-0.1, -0.05) is 6.92 Å². The van der Waals surface area contributed by atoms with Gasteiger partial charge in [-0.25, -0.2) is 0 Å². The van der Waals surface area contributed by atoms with E-state index in [2.05, 4.69) is 23.8 Å². The maximum Gasteiger partial charge on any atom is 0.121 e. The molecule has 2 rings (SSSR count). The molecule has 2 heterocycles. The van der Waals surface area contributed by atoms with Gasteiger partial charge in [-0.15, -0.1) is 0 Å². The van der Waals surface area contributed by atoms with Gasteiger partial charge in [0.2, 0.25) is 0 Å². The van der Waals surface area contributed by atoms with Crippen molar-refractivity contribution in [2.45, 2.75) is 19.4 Å². The van der Waals surface area contributed by atoms with Crippen LogP contribution in [0.25, 0.3) is 11.1 Å². The number of hydrogen-bond donors (Lipinski definition) is 1. The van der Waals surface area contributed by atoms with Crippen molar-refractivity contribution in [1.82, 2.24) is 0 Å². The van der Waals surface area contributed by atoms with Gasteiger partial charge in [-0.2, -0.15) is 11.3 Å². The second-order valence-electron chi connectivity index (χ2n) is 3.26. The van der Waals surface area contributed by atoms with Gasteiger partial charge in [-0.3, -0.25) is 0 Å². The Hall–Kier alpha value is -1.06. The van der Waals surface area contributed by atoms with Crippen molar-refractivity contribution >= 4 is 11.3 Å². The first-order valence-electron chi connectivity index (χ1n) is 4.68. The maximum absolute atomic E-state index is 5.87. The molecule has 2 aromatic heterocycles. The summed E-state index contributed by atoms with van der Waals surface area (Å²) in [5, 5.41) is 4.16. The molecule has 1 unspecified atom stereocenters. The fraction of sp³-hybridized carbons (Fsp3) is 0.273. The molecule has 2 nitrogen and oxygen atoms in total. The van der Waals surface area contributed by atoms with Crippen molar-refractivity contribution in [3.05, 3.63) is 34.9 Å². The molecule has 0 saturated heterocycles. The highest BCUT2D eigenvalue weighted by Gasteiger charge is 2.09. The summed E-state index contributed by atoms with van der Waals surface area (Å²) in [5.41, 5.74) is 8.19. The van der Waals surface area contributed by atoms with E-state index in [1.165, 1.54) is 5.56 Å². The van der Waals surface area contributed by atoms with Crippen LogP contribution in [-0.4, -0.2) is 0 Å². The summed E-state index contributed by atoms with van der Waals surface area (Å²) in [6.45, 7) is 2.05. The smallest absolute Gasteiger partial charge is 0.121 e. The summed E-state index contributed by atoms with van der Waals surface area (Å²) in [4.78, 5) is 0. The lowest BCUT2D eigenvalue weighted by Gasteiger charge is -2.02. The van der Waals surface area contributed by atoms with E-state index < -0.39 is 0 Å². The first-order chi connectivity index (χ1) is 6.81. The number of rotatable bonds is 3. The van der Waals surface area contributed by atoms with E-state index in [1.807, 2.05) is 6.07 Å². The van der Waals surface area contributed by atoms with Crippen LogP contribution < -0.4 is 5.73 Å². The minimum Gasteiger partial charge on any atom is -0.467 e. The minimum atomic E-state index is 0.0161. The second-order valence-corrected chi connectivity index (χ2v) is 4.04. The first-order valence-corrected chi connectivity index (χ1v) is 5.62. The van der Waals surface area contributed by atoms with Crippen LogP contribution >= 0.6 is 11.3 Å². The zero-order valence-electron chi connectivity index (χ0n) is 8.07. The third kappa shape index (κ3) is 1.74. The molecule has 0 aliphatic carbocycles. The second kappa shape index (κ2) is 3.98. The predicted octanol–water partition coefficient (Wildman–Crippen LogP) is 3.42. The van der Waals surface area contributed by atoms with Gasteiger partial charge in [0.1, 0.15) is 5.76 Å². The molecule has 0 saturated carbocycles. The molecule has 0 aromatic carbocycles. The van der Waals surface area contributed by atoms with E-state index in [0.29, 0.717) is 0 Å². The lowest BCUT2D eigenvalue weighted by Crippen LogP contribution is -2.06. The first kappa shape index (κ1) is 9.49. The molecule has 0 spiro atoms. The zero-order chi connectivity index (χ0) is 9.97. The van der Waals surface area contributed by atoms with Crippen LogP contribution in [0.5, 0.6) is 0 Å². The standard InChI is InChI=1S/C11H13NOS/c1-2-10(12)11-5-9(6-13-11)8-3-4-14-7-8/h3-7,10H,2,12H2,1H3. The van der Waals surface area contributed by atoms with Gasteiger partial charge in [0.15, 0.2) is 0 Å². The summed E-state index contributed by atoms with van der Waals surface area (Å²) < 4.78 is 5.42. The molecule has 74 valence electrons. The third-order valence-electron chi connectivity index (χ3n) is 2.28. The topological polar surface area (TPSA) is 39.2 Å². The summed E-state index contributed by atoms with van der Waals surface area (Å²) in [5.74, 6) is 0.869. The molecule has 1 atom stereocenters. The van der Waals surface area contributed by atoms with E-state index in [1.54, 1.807) is 17.6 Å². The molecule has 3 heteroatoms. The lowest BCUT2D eigenvalue weighted by atomic mass is 10.1. The van der Waals surface area contributed by atoms with Crippen molar-refractivity contribution in [1.29, 1.82) is 0 Å². The molecule has 0 aliphatic heterocycles. The normalized spacial score (nSPS) is 13.0. The lowest BCUT2D eigenvalue weighted by molar-refractivity contribution is 0.460. The highest BCUT2D eigenvalue weighted by Crippen LogP contribution is 2.26. The summed E-state index contributed by atoms with van der Waals surface area (Å²) in [6, 6.07) is 4.12. The van der Waals surface area contributed by atoms with E-state index >= 15 is 0 Å². The minimum absolute atomic E-state index is 0.0161. The monoisotopic (exact) mass is 207 g/mol. The Morgan fingerprint density at radius 3 is 3.00 bits per heavy atom. The molecular weight excluding hydrogens is 194 g/mol. The number of furan rings is 1. The maximum atomic E-state index is 5.87. The highest BCUT2D eigenvalue weighted by molar-refractivity contribution is 7.08. The van der Waals surface area contributed by atoms with Crippen LogP contribution in [0.3, 0.4) is 0 Å². The predicted molar refractivity (Wildman–Crippen MR) is 59.2 cm³/mol. The van der Waals surface area contributed by atoms with Gasteiger partial charge < -0.3 is 10.2 Å². The molecule has 0 amide bonds. The SMILES string of the molecule is CCC(N)c1cc(-c2ccsc2)co1. The summed E-state index contributed by atoms with van der Waals surface area (Å²) in [6.07, 6.45) is 2.67. The van der Waals surface area contributed by atoms with Crippen LogP contribution in [0.4, 0.5) is 0 Å². The quantitative estimate of drug-likeness (QED) is 0.837. The molecule has 0 fully saturated rings. The van der Waals surface area contributed by atoms with Crippen LogP contribution in [0.2, 0.25) is 0 Å². The van der Waals surface area contributed by atoms with Gasteiger partial charge >= 0.3 is 0 Å². The Kier molecular flexibility index (Phi) is 2.70. The highest BCUT2D eigenvalue weighted by atomic mass is 32.1. The van der Waals surface area contributed by atoms with E-state index in [4.69, 9.17) is 10.2 Å². The van der Waals surface area contributed by atoms with Crippen LogP contribution in [-0.2, 0) is 0 Å². The Labute approximate surface area is 87.4 Å². The van der Waals surface area contributed by atoms with Crippen molar-refractivity contribution < 1.29 is 4.42 Å². The Bertz CT molecular complexity index is 391. The fourth-order valence-electron chi connectivity index (χ4n) is 1.33. The van der Waals surface area contributed by atoms with Gasteiger partial charge in [0.05, 0.1) is 12.3 Å². The van der Waals surface area contributed by atoms with Crippen molar-refractivity contribution in [3.63, 3.8) is 0 Å². The molecule has 2 N–H and O–H groups in total. The Morgan fingerprint density at radius 1 is 1.50 bits per heavy atom. The summed E-state index contributed by atoms with van der Waals surface area (Å²) in [7, 11) is 0. The number of nitrogens with two attached hydrogens (primary N) is 1. The van der Waals surface area contributed by atoms with Crippen molar-refractivity contribution in [3.8, 4) is 11.1 Å². The average Bonchev–Trinajstić information content (AvgIpc) is 2.86. The number of hydrogen-bond acceptors (Lipinski definition) is 3. The Balaban J connectivity index is 2.26. The fourth-order valence-corrected chi connectivity index (χ4v) is 1.99. The summed E-state index contributed by atoms with van der Waals surface area (Å²) >= 11 is 1.68. The van der Waals surface area contributed by atoms with Crippen molar-refractivity contribution in [2.75, 3.05) is 0 Å². The largest absolute Gasteiger partial charge is 0.467 e. The Morgan fingerprint density at radius 2 is 2.36 bits per heavy atom. The van der Waals surface area contributed by atoms with Gasteiger partial charge in [-0.05, 0) is 34.9 Å². The van der Waals surface area contributed by atoms with E-state index in [0.717, 1.165) is 17.7 Å². The third-order valence-corrected chi connectivity index (χ3v) is 2.96. The molecule has 14 heavy (non-hydrogen) atoms.